The van der Waals surface area contributed by atoms with E-state index in [0.717, 1.165) is 35.3 Å². The van der Waals surface area contributed by atoms with E-state index >= 15 is 0 Å². The van der Waals surface area contributed by atoms with Crippen LogP contribution in [-0.2, 0) is 41.6 Å². The molecule has 1 unspecified atom stereocenters. The number of methoxy groups -OCH3 is 1. The van der Waals surface area contributed by atoms with Gasteiger partial charge in [0.25, 0.3) is 0 Å². The third-order valence-electron chi connectivity index (χ3n) is 7.52. The van der Waals surface area contributed by atoms with Crippen molar-refractivity contribution in [3.8, 4) is 5.75 Å². The molecule has 5 rings (SSSR count). The van der Waals surface area contributed by atoms with Crippen LogP contribution in [0.4, 0.5) is 0 Å². The maximum absolute atomic E-state index is 6.65. The van der Waals surface area contributed by atoms with Gasteiger partial charge in [-0.1, -0.05) is 99.0 Å². The average Bonchev–Trinajstić information content (AvgIpc) is 3.03. The Morgan fingerprint density at radius 1 is 0.707 bits per heavy atom. The van der Waals surface area contributed by atoms with Crippen molar-refractivity contribution in [1.82, 2.24) is 0 Å². The molecule has 0 radical (unpaired) electrons. The first-order valence-electron chi connectivity index (χ1n) is 14.7. The van der Waals surface area contributed by atoms with Crippen LogP contribution in [-0.4, -0.2) is 51.0 Å². The number of benzene rings is 3. The molecule has 2 fully saturated rings. The van der Waals surface area contributed by atoms with Crippen molar-refractivity contribution in [3.05, 3.63) is 102 Å². The van der Waals surface area contributed by atoms with Crippen LogP contribution in [0, 0.1) is 0 Å². The minimum absolute atomic E-state index is 0.350. The minimum Gasteiger partial charge on any atom is -0.497 e. The van der Waals surface area contributed by atoms with Gasteiger partial charge in [-0.25, -0.2) is 0 Å². The summed E-state index contributed by atoms with van der Waals surface area (Å²) in [4.78, 5) is 0. The molecule has 220 valence electrons. The lowest BCUT2D eigenvalue weighted by Gasteiger charge is -2.49. The fraction of sp³-hybridized carbons (Fsp3) is 0.471. The molecular formula is C34H42O7. The zero-order valence-electron chi connectivity index (χ0n) is 24.1. The molecule has 0 amide bonds. The number of fused-ring (bicyclic) bond motifs is 1. The van der Waals surface area contributed by atoms with Crippen LogP contribution in [0.2, 0.25) is 0 Å². The molecule has 0 N–H and O–H groups in total. The van der Waals surface area contributed by atoms with Gasteiger partial charge in [-0.2, -0.15) is 0 Å². The van der Waals surface area contributed by atoms with E-state index in [-0.39, 0.29) is 6.10 Å². The lowest BCUT2D eigenvalue weighted by molar-refractivity contribution is -0.372. The smallest absolute Gasteiger partial charge is 0.186 e. The SMILES string of the molecule is CCCCCCO[C@@H]1O[C@@H]2COC(c3ccccc3)O[C@H]2[C@H](OCc2ccccc2)[C@@H]1OCc1ccc(OC)cc1. The molecule has 2 saturated heterocycles. The van der Waals surface area contributed by atoms with E-state index in [9.17, 15) is 0 Å². The Labute approximate surface area is 243 Å². The van der Waals surface area contributed by atoms with Gasteiger partial charge < -0.3 is 33.2 Å². The van der Waals surface area contributed by atoms with Gasteiger partial charge >= 0.3 is 0 Å². The molecule has 3 aromatic carbocycles. The van der Waals surface area contributed by atoms with Gasteiger partial charge in [0, 0.05) is 12.2 Å². The largest absolute Gasteiger partial charge is 0.497 e. The molecule has 6 atom stereocenters. The van der Waals surface area contributed by atoms with E-state index < -0.39 is 30.9 Å². The Bertz CT molecular complexity index is 1140. The van der Waals surface area contributed by atoms with Gasteiger partial charge in [0.2, 0.25) is 0 Å². The molecule has 2 heterocycles. The Morgan fingerprint density at radius 3 is 2.10 bits per heavy atom. The van der Waals surface area contributed by atoms with Gasteiger partial charge in [-0.3, -0.25) is 0 Å². The summed E-state index contributed by atoms with van der Waals surface area (Å²) in [6, 6.07) is 28.0. The van der Waals surface area contributed by atoms with Crippen LogP contribution in [0.3, 0.4) is 0 Å². The summed E-state index contributed by atoms with van der Waals surface area (Å²) in [5.41, 5.74) is 3.05. The summed E-state index contributed by atoms with van der Waals surface area (Å²) in [6.45, 7) is 3.95. The molecule has 3 aromatic rings. The van der Waals surface area contributed by atoms with Gasteiger partial charge in [-0.05, 0) is 29.7 Å². The van der Waals surface area contributed by atoms with Crippen LogP contribution < -0.4 is 4.74 Å². The van der Waals surface area contributed by atoms with Gasteiger partial charge in [0.1, 0.15) is 30.2 Å². The van der Waals surface area contributed by atoms with Crippen molar-refractivity contribution in [2.45, 2.75) is 82.8 Å². The van der Waals surface area contributed by atoms with Crippen LogP contribution >= 0.6 is 0 Å². The summed E-state index contributed by atoms with van der Waals surface area (Å²) < 4.78 is 44.1. The van der Waals surface area contributed by atoms with Crippen molar-refractivity contribution in [1.29, 1.82) is 0 Å². The molecule has 0 bridgehead atoms. The van der Waals surface area contributed by atoms with Gasteiger partial charge in [0.15, 0.2) is 12.6 Å². The fourth-order valence-electron chi connectivity index (χ4n) is 5.24. The number of ether oxygens (including phenoxy) is 7. The topological polar surface area (TPSA) is 64.6 Å². The van der Waals surface area contributed by atoms with E-state index in [0.29, 0.717) is 26.4 Å². The van der Waals surface area contributed by atoms with E-state index in [2.05, 4.69) is 19.1 Å². The Morgan fingerprint density at radius 2 is 1.39 bits per heavy atom. The maximum Gasteiger partial charge on any atom is 0.186 e. The highest BCUT2D eigenvalue weighted by Gasteiger charge is 2.51. The zero-order valence-corrected chi connectivity index (χ0v) is 24.1. The first kappa shape index (κ1) is 29.7. The number of rotatable bonds is 14. The van der Waals surface area contributed by atoms with Crippen molar-refractivity contribution >= 4 is 0 Å². The second-order valence-electron chi connectivity index (χ2n) is 10.5. The van der Waals surface area contributed by atoms with Gasteiger partial charge in [-0.15, -0.1) is 0 Å². The Hall–Kier alpha value is -2.78. The van der Waals surface area contributed by atoms with Crippen molar-refractivity contribution < 1.29 is 33.2 Å². The molecule has 2 aliphatic heterocycles. The summed E-state index contributed by atoms with van der Waals surface area (Å²) in [6.07, 6.45) is 1.60. The van der Waals surface area contributed by atoms with Gasteiger partial charge in [0.05, 0.1) is 26.9 Å². The highest BCUT2D eigenvalue weighted by Crippen LogP contribution is 2.37. The van der Waals surface area contributed by atoms with E-state index in [4.69, 9.17) is 33.2 Å². The third-order valence-corrected chi connectivity index (χ3v) is 7.52. The zero-order chi connectivity index (χ0) is 28.3. The molecule has 0 aliphatic carbocycles. The van der Waals surface area contributed by atoms with Crippen LogP contribution in [0.5, 0.6) is 5.75 Å². The molecule has 0 aromatic heterocycles. The van der Waals surface area contributed by atoms with Crippen LogP contribution in [0.25, 0.3) is 0 Å². The lowest BCUT2D eigenvalue weighted by Crippen LogP contribution is -2.63. The molecule has 2 aliphatic rings. The van der Waals surface area contributed by atoms with Crippen LogP contribution in [0.15, 0.2) is 84.9 Å². The average molecular weight is 563 g/mol. The molecule has 7 nitrogen and oxygen atoms in total. The standard InChI is InChI=1S/C34H42O7/c1-3-4-5-12-21-36-34-32(38-23-26-17-19-28(35-2)20-18-26)31(37-22-25-13-8-6-9-14-25)30-29(40-34)24-39-33(41-30)27-15-10-7-11-16-27/h6-11,13-20,29-34H,3-5,12,21-24H2,1-2H3/t29-,30-,31+,32+,33?,34-/m1/s1. The predicted octanol–water partition coefficient (Wildman–Crippen LogP) is 6.60. The second kappa shape index (κ2) is 15.4. The highest BCUT2D eigenvalue weighted by atomic mass is 16.8. The molecular weight excluding hydrogens is 520 g/mol. The van der Waals surface area contributed by atoms with E-state index in [1.165, 1.54) is 12.8 Å². The van der Waals surface area contributed by atoms with Crippen LogP contribution in [0.1, 0.15) is 55.6 Å². The van der Waals surface area contributed by atoms with E-state index in [1.807, 2.05) is 72.8 Å². The highest BCUT2D eigenvalue weighted by molar-refractivity contribution is 5.26. The quantitative estimate of drug-likeness (QED) is 0.205. The summed E-state index contributed by atoms with van der Waals surface area (Å²) in [7, 11) is 1.66. The van der Waals surface area contributed by atoms with Crippen molar-refractivity contribution in [2.24, 2.45) is 0 Å². The van der Waals surface area contributed by atoms with Crippen molar-refractivity contribution in [2.75, 3.05) is 20.3 Å². The Kier molecular flexibility index (Phi) is 11.2. The molecule has 7 heteroatoms. The van der Waals surface area contributed by atoms with Crippen molar-refractivity contribution in [3.63, 3.8) is 0 Å². The summed E-state index contributed by atoms with van der Waals surface area (Å²) >= 11 is 0. The Balaban J connectivity index is 1.37. The summed E-state index contributed by atoms with van der Waals surface area (Å²) in [5.74, 6) is 0.803. The number of hydrogen-bond donors (Lipinski definition) is 0. The van der Waals surface area contributed by atoms with E-state index in [1.54, 1.807) is 7.11 Å². The first-order chi connectivity index (χ1) is 20.2. The predicted molar refractivity (Wildman–Crippen MR) is 155 cm³/mol. The molecule has 41 heavy (non-hydrogen) atoms. The maximum atomic E-state index is 6.65. The normalized spacial score (nSPS) is 25.9. The fourth-order valence-corrected chi connectivity index (χ4v) is 5.24. The third kappa shape index (κ3) is 8.16. The molecule has 0 spiro atoms. The number of hydrogen-bond acceptors (Lipinski definition) is 7. The molecule has 0 saturated carbocycles. The lowest BCUT2D eigenvalue weighted by atomic mass is 9.97. The summed E-state index contributed by atoms with van der Waals surface area (Å²) in [5, 5.41) is 0. The number of unbranched alkanes of at least 4 members (excludes halogenated alkanes) is 3. The first-order valence-corrected chi connectivity index (χ1v) is 14.7. The second-order valence-corrected chi connectivity index (χ2v) is 10.5. The monoisotopic (exact) mass is 562 g/mol. The minimum atomic E-state index is -0.614.